The molecule has 0 radical (unpaired) electrons. The molecular weight excluding hydrogens is 437 g/mol. The molecule has 1 aromatic carbocycles. The van der Waals surface area contributed by atoms with Gasteiger partial charge in [-0.25, -0.2) is 19.9 Å². The van der Waals surface area contributed by atoms with Gasteiger partial charge in [0.2, 0.25) is 0 Å². The van der Waals surface area contributed by atoms with E-state index in [2.05, 4.69) is 30.6 Å². The summed E-state index contributed by atoms with van der Waals surface area (Å²) in [6.07, 6.45) is -0.764. The summed E-state index contributed by atoms with van der Waals surface area (Å²) in [5.74, 6) is 0.762. The number of para-hydroxylation sites is 1. The largest absolute Gasteiger partial charge is 0.419 e. The van der Waals surface area contributed by atoms with Crippen molar-refractivity contribution in [3.8, 4) is 10.7 Å². The van der Waals surface area contributed by atoms with Crippen LogP contribution in [0.1, 0.15) is 5.56 Å². The van der Waals surface area contributed by atoms with E-state index in [4.69, 9.17) is 11.6 Å². The van der Waals surface area contributed by atoms with Crippen molar-refractivity contribution in [1.29, 1.82) is 0 Å². The first-order chi connectivity index (χ1) is 14.4. The van der Waals surface area contributed by atoms with Crippen LogP contribution in [0, 0.1) is 0 Å². The second kappa shape index (κ2) is 8.25. The Morgan fingerprint density at radius 1 is 0.900 bits per heavy atom. The van der Waals surface area contributed by atoms with Crippen LogP contribution in [-0.4, -0.2) is 19.9 Å². The fourth-order valence-corrected chi connectivity index (χ4v) is 3.46. The molecule has 0 bridgehead atoms. The SMILES string of the molecule is FC(F)(F)c1cnc(Nc2ccccc2Cl)cc1Nc1ncsc1-c1ncccn1. The molecule has 4 aromatic rings. The first kappa shape index (κ1) is 20.0. The van der Waals surface area contributed by atoms with Crippen LogP contribution in [0.15, 0.2) is 60.5 Å². The number of nitrogens with zero attached hydrogens (tertiary/aromatic N) is 4. The van der Waals surface area contributed by atoms with E-state index >= 15 is 0 Å². The Bertz CT molecular complexity index is 1170. The lowest BCUT2D eigenvalue weighted by molar-refractivity contribution is -0.137. The summed E-state index contributed by atoms with van der Waals surface area (Å²) in [4.78, 5) is 16.8. The van der Waals surface area contributed by atoms with Crippen LogP contribution in [0.25, 0.3) is 10.7 Å². The van der Waals surface area contributed by atoms with E-state index in [-0.39, 0.29) is 17.3 Å². The van der Waals surface area contributed by atoms with Crippen LogP contribution in [0.5, 0.6) is 0 Å². The Morgan fingerprint density at radius 3 is 2.40 bits per heavy atom. The molecule has 0 spiro atoms. The molecule has 152 valence electrons. The van der Waals surface area contributed by atoms with Crippen molar-refractivity contribution in [2.45, 2.75) is 6.18 Å². The number of aromatic nitrogens is 4. The lowest BCUT2D eigenvalue weighted by Gasteiger charge is -2.16. The van der Waals surface area contributed by atoms with Gasteiger partial charge in [0.25, 0.3) is 0 Å². The van der Waals surface area contributed by atoms with Gasteiger partial charge in [-0.2, -0.15) is 13.2 Å². The number of hydrogen-bond donors (Lipinski definition) is 2. The van der Waals surface area contributed by atoms with Gasteiger partial charge in [-0.15, -0.1) is 11.3 Å². The Balaban J connectivity index is 1.71. The third-order valence-corrected chi connectivity index (χ3v) is 5.09. The van der Waals surface area contributed by atoms with Gasteiger partial charge in [-0.3, -0.25) is 0 Å². The monoisotopic (exact) mass is 448 g/mol. The molecule has 0 aliphatic carbocycles. The van der Waals surface area contributed by atoms with Crippen LogP contribution < -0.4 is 10.6 Å². The van der Waals surface area contributed by atoms with Crippen molar-refractivity contribution in [3.63, 3.8) is 0 Å². The van der Waals surface area contributed by atoms with Gasteiger partial charge in [-0.05, 0) is 18.2 Å². The van der Waals surface area contributed by atoms with E-state index in [0.29, 0.717) is 21.4 Å². The minimum absolute atomic E-state index is 0.186. The standard InChI is InChI=1S/C19H12ClF3N6S/c20-12-4-1-2-5-13(12)28-15-8-14(11(9-26-15)19(21,22)23)29-18-16(30-10-27-18)17-24-6-3-7-25-17/h1-10H,(H2,26,28,29). The molecule has 11 heteroatoms. The Hall–Kier alpha value is -3.24. The summed E-state index contributed by atoms with van der Waals surface area (Å²) < 4.78 is 40.7. The Kier molecular flexibility index (Phi) is 5.51. The number of alkyl halides is 3. The van der Waals surface area contributed by atoms with Crippen molar-refractivity contribution in [2.75, 3.05) is 10.6 Å². The van der Waals surface area contributed by atoms with E-state index in [1.807, 2.05) is 0 Å². The molecule has 0 saturated heterocycles. The first-order valence-corrected chi connectivity index (χ1v) is 9.74. The molecular formula is C19H12ClF3N6S. The Morgan fingerprint density at radius 2 is 1.67 bits per heavy atom. The summed E-state index contributed by atoms with van der Waals surface area (Å²) in [6.45, 7) is 0. The maximum Gasteiger partial charge on any atom is 0.419 e. The van der Waals surface area contributed by atoms with Crippen LogP contribution in [0.2, 0.25) is 5.02 Å². The average Bonchev–Trinajstić information content (AvgIpc) is 3.18. The highest BCUT2D eigenvalue weighted by molar-refractivity contribution is 7.13. The van der Waals surface area contributed by atoms with E-state index in [1.54, 1.807) is 42.7 Å². The summed E-state index contributed by atoms with van der Waals surface area (Å²) in [5, 5.41) is 6.09. The van der Waals surface area contributed by atoms with Gasteiger partial charge in [0.15, 0.2) is 11.6 Å². The fourth-order valence-electron chi connectivity index (χ4n) is 2.59. The van der Waals surface area contributed by atoms with Gasteiger partial charge in [0, 0.05) is 24.7 Å². The lowest BCUT2D eigenvalue weighted by atomic mass is 10.2. The summed E-state index contributed by atoms with van der Waals surface area (Å²) >= 11 is 7.33. The van der Waals surface area contributed by atoms with Crippen molar-refractivity contribution < 1.29 is 13.2 Å². The molecule has 0 fully saturated rings. The molecule has 2 N–H and O–H groups in total. The predicted molar refractivity (Wildman–Crippen MR) is 110 cm³/mol. The second-order valence-electron chi connectivity index (χ2n) is 5.95. The minimum Gasteiger partial charge on any atom is -0.339 e. The third-order valence-electron chi connectivity index (χ3n) is 3.94. The zero-order valence-electron chi connectivity index (χ0n) is 15.0. The number of rotatable bonds is 5. The topological polar surface area (TPSA) is 75.6 Å². The molecule has 0 saturated carbocycles. The number of nitrogens with one attached hydrogen (secondary N) is 2. The molecule has 0 aliphatic rings. The number of halogens is 4. The number of anilines is 4. The molecule has 4 rings (SSSR count). The molecule has 0 atom stereocenters. The summed E-state index contributed by atoms with van der Waals surface area (Å²) in [6, 6.07) is 9.75. The van der Waals surface area contributed by atoms with Crippen LogP contribution >= 0.6 is 22.9 Å². The second-order valence-corrected chi connectivity index (χ2v) is 7.21. The fraction of sp³-hybridized carbons (Fsp3) is 0.0526. The molecule has 3 aromatic heterocycles. The third kappa shape index (κ3) is 4.34. The molecule has 6 nitrogen and oxygen atoms in total. The first-order valence-electron chi connectivity index (χ1n) is 8.48. The normalized spacial score (nSPS) is 11.3. The smallest absolute Gasteiger partial charge is 0.339 e. The number of benzene rings is 1. The van der Waals surface area contributed by atoms with Crippen molar-refractivity contribution in [2.24, 2.45) is 0 Å². The molecule has 3 heterocycles. The highest BCUT2D eigenvalue weighted by atomic mass is 35.5. The van der Waals surface area contributed by atoms with E-state index in [1.165, 1.54) is 22.9 Å². The van der Waals surface area contributed by atoms with Gasteiger partial charge >= 0.3 is 6.18 Å². The van der Waals surface area contributed by atoms with Crippen molar-refractivity contribution in [3.05, 3.63) is 71.1 Å². The van der Waals surface area contributed by atoms with Gasteiger partial charge in [0.1, 0.15) is 10.7 Å². The number of pyridine rings is 1. The zero-order valence-corrected chi connectivity index (χ0v) is 16.6. The van der Waals surface area contributed by atoms with Crippen LogP contribution in [-0.2, 0) is 6.18 Å². The van der Waals surface area contributed by atoms with Crippen LogP contribution in [0.3, 0.4) is 0 Å². The van der Waals surface area contributed by atoms with Crippen molar-refractivity contribution in [1.82, 2.24) is 19.9 Å². The van der Waals surface area contributed by atoms with Gasteiger partial charge in [-0.1, -0.05) is 23.7 Å². The summed E-state index contributed by atoms with van der Waals surface area (Å²) in [7, 11) is 0. The highest BCUT2D eigenvalue weighted by Crippen LogP contribution is 2.39. The zero-order chi connectivity index (χ0) is 21.1. The van der Waals surface area contributed by atoms with E-state index in [0.717, 1.165) is 6.20 Å². The van der Waals surface area contributed by atoms with E-state index < -0.39 is 11.7 Å². The van der Waals surface area contributed by atoms with Gasteiger partial charge in [0.05, 0.1) is 27.5 Å². The van der Waals surface area contributed by atoms with Crippen LogP contribution in [0.4, 0.5) is 36.2 Å². The van der Waals surface area contributed by atoms with E-state index in [9.17, 15) is 13.2 Å². The molecule has 0 amide bonds. The van der Waals surface area contributed by atoms with Gasteiger partial charge < -0.3 is 10.6 Å². The quantitative estimate of drug-likeness (QED) is 0.381. The lowest BCUT2D eigenvalue weighted by Crippen LogP contribution is -2.11. The maximum absolute atomic E-state index is 13.6. The number of thiazole rings is 1. The highest BCUT2D eigenvalue weighted by Gasteiger charge is 2.34. The number of hydrogen-bond acceptors (Lipinski definition) is 7. The Labute approximate surface area is 177 Å². The minimum atomic E-state index is -4.61. The summed E-state index contributed by atoms with van der Waals surface area (Å²) in [5.41, 5.74) is 0.880. The van der Waals surface area contributed by atoms with Crippen molar-refractivity contribution >= 4 is 45.9 Å². The predicted octanol–water partition coefficient (Wildman–Crippen LogP) is 6.15. The molecule has 0 unspecified atom stereocenters. The maximum atomic E-state index is 13.6. The molecule has 30 heavy (non-hydrogen) atoms. The molecule has 0 aliphatic heterocycles. The average molecular weight is 449 g/mol.